The van der Waals surface area contributed by atoms with Crippen LogP contribution < -0.4 is 5.32 Å². The Bertz CT molecular complexity index is 425. The predicted octanol–water partition coefficient (Wildman–Crippen LogP) is 3.17. The zero-order valence-electron chi connectivity index (χ0n) is 12.5. The minimum atomic E-state index is 0.589. The largest absolute Gasteiger partial charge is 0.375 e. The number of hydrogen-bond acceptors (Lipinski definition) is 3. The zero-order valence-corrected chi connectivity index (χ0v) is 14.1. The molecule has 1 heterocycles. The molecular formula is C16H25BrN2O. The van der Waals surface area contributed by atoms with E-state index in [-0.39, 0.29) is 0 Å². The van der Waals surface area contributed by atoms with Crippen LogP contribution in [-0.2, 0) is 17.9 Å². The number of ether oxygens (including phenoxy) is 1. The second kappa shape index (κ2) is 8.13. The Morgan fingerprint density at radius 3 is 2.95 bits per heavy atom. The number of likely N-dealkylation sites (N-methyl/N-ethyl adjacent to an activating group) is 1. The number of likely N-dealkylation sites (tertiary alicyclic amines) is 1. The Morgan fingerprint density at radius 2 is 2.25 bits per heavy atom. The molecule has 1 aromatic carbocycles. The Hall–Kier alpha value is -0.420. The lowest BCUT2D eigenvalue weighted by Gasteiger charge is -2.32. The number of hydrogen-bond donors (Lipinski definition) is 1. The van der Waals surface area contributed by atoms with Gasteiger partial charge in [-0.2, -0.15) is 0 Å². The van der Waals surface area contributed by atoms with E-state index in [0.717, 1.165) is 17.6 Å². The standard InChI is InChI=1S/C16H25BrN2O/c1-18-10-13-6-7-14(16(17)9-13)11-20-12-15-5-3-4-8-19(15)2/h6-7,9,15,18H,3-5,8,10-12H2,1-2H3. The Balaban J connectivity index is 1.81. The average molecular weight is 341 g/mol. The summed E-state index contributed by atoms with van der Waals surface area (Å²) >= 11 is 3.64. The van der Waals surface area contributed by atoms with Crippen molar-refractivity contribution in [3.63, 3.8) is 0 Å². The van der Waals surface area contributed by atoms with Crippen LogP contribution >= 0.6 is 15.9 Å². The molecule has 1 fully saturated rings. The summed E-state index contributed by atoms with van der Waals surface area (Å²) in [6.45, 7) is 3.62. The molecule has 1 unspecified atom stereocenters. The molecule has 1 saturated heterocycles. The van der Waals surface area contributed by atoms with Gasteiger partial charge in [0, 0.05) is 17.1 Å². The summed E-state index contributed by atoms with van der Waals surface area (Å²) in [6.07, 6.45) is 3.92. The van der Waals surface area contributed by atoms with Crippen LogP contribution in [0.2, 0.25) is 0 Å². The van der Waals surface area contributed by atoms with E-state index in [1.54, 1.807) is 0 Å². The maximum atomic E-state index is 5.92. The van der Waals surface area contributed by atoms with Crippen LogP contribution in [0.1, 0.15) is 30.4 Å². The quantitative estimate of drug-likeness (QED) is 0.860. The highest BCUT2D eigenvalue weighted by Gasteiger charge is 2.18. The number of piperidine rings is 1. The molecule has 0 bridgehead atoms. The van der Waals surface area contributed by atoms with Crippen LogP contribution in [0.3, 0.4) is 0 Å². The lowest BCUT2D eigenvalue weighted by atomic mass is 10.0. The van der Waals surface area contributed by atoms with Gasteiger partial charge < -0.3 is 15.0 Å². The van der Waals surface area contributed by atoms with Gasteiger partial charge in [0.1, 0.15) is 0 Å². The first-order valence-electron chi connectivity index (χ1n) is 7.40. The minimum absolute atomic E-state index is 0.589. The van der Waals surface area contributed by atoms with E-state index in [9.17, 15) is 0 Å². The summed E-state index contributed by atoms with van der Waals surface area (Å²) in [5, 5.41) is 3.16. The molecule has 0 amide bonds. The van der Waals surface area contributed by atoms with Crippen molar-refractivity contribution >= 4 is 15.9 Å². The van der Waals surface area contributed by atoms with Crippen molar-refractivity contribution in [3.05, 3.63) is 33.8 Å². The fraction of sp³-hybridized carbons (Fsp3) is 0.625. The van der Waals surface area contributed by atoms with Gasteiger partial charge in [0.05, 0.1) is 13.2 Å². The van der Waals surface area contributed by atoms with Crippen molar-refractivity contribution < 1.29 is 4.74 Å². The van der Waals surface area contributed by atoms with Crippen LogP contribution in [0.5, 0.6) is 0 Å². The van der Waals surface area contributed by atoms with Crippen molar-refractivity contribution in [1.29, 1.82) is 0 Å². The Morgan fingerprint density at radius 1 is 1.40 bits per heavy atom. The van der Waals surface area contributed by atoms with Crippen LogP contribution in [0, 0.1) is 0 Å². The van der Waals surface area contributed by atoms with Crippen LogP contribution in [0.4, 0.5) is 0 Å². The van der Waals surface area contributed by atoms with Crippen LogP contribution in [-0.4, -0.2) is 38.2 Å². The molecule has 0 aromatic heterocycles. The Labute approximate surface area is 130 Å². The lowest BCUT2D eigenvalue weighted by molar-refractivity contribution is 0.0442. The fourth-order valence-electron chi connectivity index (χ4n) is 2.68. The topological polar surface area (TPSA) is 24.5 Å². The monoisotopic (exact) mass is 340 g/mol. The third-order valence-corrected chi connectivity index (χ3v) is 4.73. The first kappa shape index (κ1) is 16.0. The first-order chi connectivity index (χ1) is 9.70. The molecule has 1 N–H and O–H groups in total. The van der Waals surface area contributed by atoms with E-state index < -0.39 is 0 Å². The molecule has 0 aliphatic carbocycles. The highest BCUT2D eigenvalue weighted by molar-refractivity contribution is 9.10. The molecule has 3 nitrogen and oxygen atoms in total. The first-order valence-corrected chi connectivity index (χ1v) is 8.20. The van der Waals surface area contributed by atoms with Gasteiger partial charge in [-0.15, -0.1) is 0 Å². The SMILES string of the molecule is CNCc1ccc(COCC2CCCCN2C)c(Br)c1. The van der Waals surface area contributed by atoms with Gasteiger partial charge >= 0.3 is 0 Å². The minimum Gasteiger partial charge on any atom is -0.375 e. The number of rotatable bonds is 6. The third-order valence-electron chi connectivity index (χ3n) is 3.99. The van der Waals surface area contributed by atoms with Gasteiger partial charge in [0.15, 0.2) is 0 Å². The Kier molecular flexibility index (Phi) is 6.49. The van der Waals surface area contributed by atoms with Crippen molar-refractivity contribution in [1.82, 2.24) is 10.2 Å². The predicted molar refractivity (Wildman–Crippen MR) is 86.8 cm³/mol. The van der Waals surface area contributed by atoms with E-state index in [1.165, 1.54) is 36.9 Å². The molecule has 20 heavy (non-hydrogen) atoms. The molecule has 112 valence electrons. The smallest absolute Gasteiger partial charge is 0.0728 e. The van der Waals surface area contributed by atoms with Crippen molar-refractivity contribution in [2.24, 2.45) is 0 Å². The summed E-state index contributed by atoms with van der Waals surface area (Å²) in [6, 6.07) is 7.07. The van der Waals surface area contributed by atoms with Crippen molar-refractivity contribution in [3.8, 4) is 0 Å². The van der Waals surface area contributed by atoms with Gasteiger partial charge in [0.25, 0.3) is 0 Å². The maximum absolute atomic E-state index is 5.92. The van der Waals surface area contributed by atoms with Gasteiger partial charge in [0.2, 0.25) is 0 Å². The molecule has 0 radical (unpaired) electrons. The molecule has 0 saturated carbocycles. The third kappa shape index (κ3) is 4.55. The van der Waals surface area contributed by atoms with Crippen LogP contribution in [0.15, 0.2) is 22.7 Å². The number of benzene rings is 1. The van der Waals surface area contributed by atoms with Crippen molar-refractivity contribution in [2.45, 2.75) is 38.5 Å². The molecule has 0 spiro atoms. The molecule has 4 heteroatoms. The van der Waals surface area contributed by atoms with E-state index in [0.29, 0.717) is 12.6 Å². The average Bonchev–Trinajstić information content (AvgIpc) is 2.43. The summed E-state index contributed by atoms with van der Waals surface area (Å²) < 4.78 is 7.06. The van der Waals surface area contributed by atoms with Gasteiger partial charge in [-0.05, 0) is 50.7 Å². The molecule has 1 aliphatic rings. The molecular weight excluding hydrogens is 316 g/mol. The van der Waals surface area contributed by atoms with E-state index in [4.69, 9.17) is 4.74 Å². The highest BCUT2D eigenvalue weighted by atomic mass is 79.9. The van der Waals surface area contributed by atoms with Gasteiger partial charge in [-0.1, -0.05) is 34.5 Å². The molecule has 2 rings (SSSR count). The van der Waals surface area contributed by atoms with Crippen molar-refractivity contribution in [2.75, 3.05) is 27.2 Å². The number of nitrogens with zero attached hydrogens (tertiary/aromatic N) is 1. The second-order valence-electron chi connectivity index (χ2n) is 5.60. The highest BCUT2D eigenvalue weighted by Crippen LogP contribution is 2.21. The molecule has 1 aromatic rings. The summed E-state index contributed by atoms with van der Waals surface area (Å²) in [5.41, 5.74) is 2.51. The van der Waals surface area contributed by atoms with E-state index in [1.807, 2.05) is 7.05 Å². The summed E-state index contributed by atoms with van der Waals surface area (Å²) in [5.74, 6) is 0. The number of nitrogens with one attached hydrogen (secondary N) is 1. The number of halogens is 1. The maximum Gasteiger partial charge on any atom is 0.0728 e. The van der Waals surface area contributed by atoms with Gasteiger partial charge in [-0.25, -0.2) is 0 Å². The van der Waals surface area contributed by atoms with Crippen LogP contribution in [0.25, 0.3) is 0 Å². The summed E-state index contributed by atoms with van der Waals surface area (Å²) in [4.78, 5) is 2.43. The fourth-order valence-corrected chi connectivity index (χ4v) is 3.22. The zero-order chi connectivity index (χ0) is 14.4. The summed E-state index contributed by atoms with van der Waals surface area (Å²) in [7, 11) is 4.17. The second-order valence-corrected chi connectivity index (χ2v) is 6.46. The molecule has 1 aliphatic heterocycles. The van der Waals surface area contributed by atoms with Gasteiger partial charge in [-0.3, -0.25) is 0 Å². The van der Waals surface area contributed by atoms with E-state index >= 15 is 0 Å². The lowest BCUT2D eigenvalue weighted by Crippen LogP contribution is -2.39. The van der Waals surface area contributed by atoms with E-state index in [2.05, 4.69) is 51.4 Å². The normalized spacial score (nSPS) is 20.2. The molecule has 1 atom stereocenters.